The Bertz CT molecular complexity index is 565. The standard InChI is InChI=1S/C21H34O5/c1-19(2)15-7-10-21(12-26-21)16(20(15,3)9-8-17(19)22)6-5-13(14-11-25-14)18(23)24-4/h13-17,22H,5-12H2,1-4H3/t13?,14-,15?,16+,17-,20-,21+/m0/s1. The monoisotopic (exact) mass is 366 g/mol. The second-order valence-corrected chi connectivity index (χ2v) is 9.96. The maximum absolute atomic E-state index is 12.2. The van der Waals surface area contributed by atoms with E-state index in [-0.39, 0.29) is 40.5 Å². The largest absolute Gasteiger partial charge is 0.469 e. The van der Waals surface area contributed by atoms with E-state index in [1.807, 2.05) is 0 Å². The molecule has 148 valence electrons. The highest BCUT2D eigenvalue weighted by atomic mass is 16.6. The lowest BCUT2D eigenvalue weighted by Gasteiger charge is -2.60. The first-order chi connectivity index (χ1) is 12.2. The molecule has 1 N–H and O–H groups in total. The van der Waals surface area contributed by atoms with E-state index in [0.29, 0.717) is 18.4 Å². The first kappa shape index (κ1) is 18.7. The summed E-state index contributed by atoms with van der Waals surface area (Å²) in [6, 6.07) is 0. The Kier molecular flexibility index (Phi) is 4.44. The lowest BCUT2D eigenvalue weighted by atomic mass is 9.45. The van der Waals surface area contributed by atoms with E-state index < -0.39 is 0 Å². The Hall–Kier alpha value is -0.650. The molecule has 2 unspecified atom stereocenters. The first-order valence-electron chi connectivity index (χ1n) is 10.3. The summed E-state index contributed by atoms with van der Waals surface area (Å²) >= 11 is 0. The Morgan fingerprint density at radius 1 is 1.27 bits per heavy atom. The van der Waals surface area contributed by atoms with Crippen LogP contribution in [0.3, 0.4) is 0 Å². The summed E-state index contributed by atoms with van der Waals surface area (Å²) in [5.41, 5.74) is 0.0976. The molecule has 2 aliphatic heterocycles. The van der Waals surface area contributed by atoms with Crippen LogP contribution in [0.2, 0.25) is 0 Å². The molecule has 2 aliphatic carbocycles. The van der Waals surface area contributed by atoms with Crippen molar-refractivity contribution in [3.05, 3.63) is 0 Å². The topological polar surface area (TPSA) is 71.6 Å². The van der Waals surface area contributed by atoms with E-state index in [1.165, 1.54) is 7.11 Å². The summed E-state index contributed by atoms with van der Waals surface area (Å²) in [5.74, 6) is 0.635. The molecule has 0 aromatic rings. The normalized spacial score (nSPS) is 47.1. The lowest BCUT2D eigenvalue weighted by molar-refractivity contribution is -0.158. The van der Waals surface area contributed by atoms with Crippen molar-refractivity contribution in [2.45, 2.75) is 77.1 Å². The summed E-state index contributed by atoms with van der Waals surface area (Å²) in [6.07, 6.45) is 5.70. The fourth-order valence-electron chi connectivity index (χ4n) is 6.63. The first-order valence-corrected chi connectivity index (χ1v) is 10.3. The van der Waals surface area contributed by atoms with E-state index in [1.54, 1.807) is 0 Å². The number of hydrogen-bond donors (Lipinski definition) is 1. The van der Waals surface area contributed by atoms with Crippen LogP contribution in [-0.4, -0.2) is 49.2 Å². The second kappa shape index (κ2) is 6.18. The Morgan fingerprint density at radius 2 is 1.96 bits per heavy atom. The van der Waals surface area contributed by atoms with Crippen molar-refractivity contribution >= 4 is 5.97 Å². The maximum Gasteiger partial charge on any atom is 0.311 e. The predicted octanol–water partition coefficient (Wildman–Crippen LogP) is 2.94. The number of rotatable bonds is 5. The van der Waals surface area contributed by atoms with E-state index in [4.69, 9.17) is 14.2 Å². The fourth-order valence-corrected chi connectivity index (χ4v) is 6.63. The van der Waals surface area contributed by atoms with Gasteiger partial charge in [0, 0.05) is 0 Å². The second-order valence-electron chi connectivity index (χ2n) is 9.96. The highest BCUT2D eigenvalue weighted by molar-refractivity contribution is 5.73. The number of ether oxygens (including phenoxy) is 3. The minimum Gasteiger partial charge on any atom is -0.469 e. The summed E-state index contributed by atoms with van der Waals surface area (Å²) in [5, 5.41) is 10.6. The lowest BCUT2D eigenvalue weighted by Crippen LogP contribution is -2.58. The average molecular weight is 366 g/mol. The van der Waals surface area contributed by atoms with Crippen molar-refractivity contribution in [1.82, 2.24) is 0 Å². The molecular weight excluding hydrogens is 332 g/mol. The van der Waals surface area contributed by atoms with Crippen molar-refractivity contribution < 1.29 is 24.1 Å². The van der Waals surface area contributed by atoms with E-state index in [0.717, 1.165) is 45.1 Å². The van der Waals surface area contributed by atoms with Gasteiger partial charge >= 0.3 is 5.97 Å². The minimum absolute atomic E-state index is 0.00863. The molecule has 5 nitrogen and oxygen atoms in total. The third-order valence-electron chi connectivity index (χ3n) is 8.39. The van der Waals surface area contributed by atoms with Gasteiger partial charge in [-0.25, -0.2) is 0 Å². The smallest absolute Gasteiger partial charge is 0.311 e. The number of hydrogen-bond acceptors (Lipinski definition) is 5. The van der Waals surface area contributed by atoms with Gasteiger partial charge in [0.05, 0.1) is 44.1 Å². The van der Waals surface area contributed by atoms with Crippen LogP contribution < -0.4 is 0 Å². The number of fused-ring (bicyclic) bond motifs is 1. The molecule has 0 aromatic carbocycles. The van der Waals surface area contributed by atoms with Gasteiger partial charge in [-0.1, -0.05) is 20.8 Å². The van der Waals surface area contributed by atoms with Crippen LogP contribution >= 0.6 is 0 Å². The quantitative estimate of drug-likeness (QED) is 0.598. The molecule has 2 saturated carbocycles. The molecule has 2 saturated heterocycles. The van der Waals surface area contributed by atoms with Crippen molar-refractivity contribution in [3.63, 3.8) is 0 Å². The van der Waals surface area contributed by atoms with Crippen LogP contribution in [0, 0.1) is 28.6 Å². The number of esters is 1. The molecule has 0 amide bonds. The zero-order chi connectivity index (χ0) is 18.7. The average Bonchev–Trinajstić information content (AvgIpc) is 3.50. The Morgan fingerprint density at radius 3 is 2.54 bits per heavy atom. The van der Waals surface area contributed by atoms with Crippen molar-refractivity contribution in [2.75, 3.05) is 20.3 Å². The number of methoxy groups -OCH3 is 1. The summed E-state index contributed by atoms with van der Waals surface area (Å²) in [6.45, 7) is 8.41. The molecule has 0 aromatic heterocycles. The van der Waals surface area contributed by atoms with E-state index >= 15 is 0 Å². The van der Waals surface area contributed by atoms with Gasteiger partial charge < -0.3 is 19.3 Å². The fraction of sp³-hybridized carbons (Fsp3) is 0.952. The molecule has 4 fully saturated rings. The number of aliphatic hydroxyl groups excluding tert-OH is 1. The van der Waals surface area contributed by atoms with Crippen LogP contribution in [0.15, 0.2) is 0 Å². The maximum atomic E-state index is 12.2. The minimum atomic E-state index is -0.224. The van der Waals surface area contributed by atoms with Crippen LogP contribution in [-0.2, 0) is 19.0 Å². The Labute approximate surface area is 156 Å². The molecule has 4 aliphatic rings. The zero-order valence-electron chi connectivity index (χ0n) is 16.6. The molecule has 0 bridgehead atoms. The summed E-state index contributed by atoms with van der Waals surface area (Å²) < 4.78 is 16.5. The van der Waals surface area contributed by atoms with Gasteiger partial charge in [-0.3, -0.25) is 4.79 Å². The van der Waals surface area contributed by atoms with Crippen molar-refractivity contribution in [1.29, 1.82) is 0 Å². The van der Waals surface area contributed by atoms with Gasteiger partial charge in [-0.2, -0.15) is 0 Å². The number of carbonyl (C=O) groups excluding carboxylic acids is 1. The van der Waals surface area contributed by atoms with Gasteiger partial charge in [-0.05, 0) is 61.2 Å². The zero-order valence-corrected chi connectivity index (χ0v) is 16.6. The number of carbonyl (C=O) groups is 1. The molecule has 26 heavy (non-hydrogen) atoms. The van der Waals surface area contributed by atoms with Gasteiger partial charge in [-0.15, -0.1) is 0 Å². The van der Waals surface area contributed by atoms with Crippen LogP contribution in [0.4, 0.5) is 0 Å². The Balaban J connectivity index is 1.55. The molecular formula is C21H34O5. The molecule has 2 heterocycles. The van der Waals surface area contributed by atoms with E-state index in [9.17, 15) is 9.90 Å². The number of epoxide rings is 2. The highest BCUT2D eigenvalue weighted by Gasteiger charge is 2.66. The van der Waals surface area contributed by atoms with Crippen molar-refractivity contribution in [3.8, 4) is 0 Å². The summed E-state index contributed by atoms with van der Waals surface area (Å²) in [4.78, 5) is 12.2. The molecule has 0 radical (unpaired) electrons. The molecule has 4 rings (SSSR count). The van der Waals surface area contributed by atoms with Gasteiger partial charge in [0.2, 0.25) is 0 Å². The van der Waals surface area contributed by atoms with Gasteiger partial charge in [0.15, 0.2) is 0 Å². The third kappa shape index (κ3) is 2.82. The molecule has 1 spiro atoms. The molecule has 5 heteroatoms. The number of aliphatic hydroxyl groups is 1. The van der Waals surface area contributed by atoms with Crippen molar-refractivity contribution in [2.24, 2.45) is 28.6 Å². The van der Waals surface area contributed by atoms with Crippen LogP contribution in [0.25, 0.3) is 0 Å². The summed E-state index contributed by atoms with van der Waals surface area (Å²) in [7, 11) is 1.46. The van der Waals surface area contributed by atoms with Crippen LogP contribution in [0.1, 0.15) is 59.3 Å². The van der Waals surface area contributed by atoms with Crippen LogP contribution in [0.5, 0.6) is 0 Å². The van der Waals surface area contributed by atoms with Gasteiger partial charge in [0.1, 0.15) is 0 Å². The predicted molar refractivity (Wildman–Crippen MR) is 96.5 cm³/mol. The SMILES string of the molecule is COC(=O)C(CC[C@H]1[C@@]2(CCC3C(C)(C)[C@@H](O)CC[C@@]31C)CO2)[C@@H]1CO1. The highest BCUT2D eigenvalue weighted by Crippen LogP contribution is 2.66. The third-order valence-corrected chi connectivity index (χ3v) is 8.39. The van der Waals surface area contributed by atoms with E-state index in [2.05, 4.69) is 20.8 Å². The van der Waals surface area contributed by atoms with Gasteiger partial charge in [0.25, 0.3) is 0 Å². The molecule has 7 atom stereocenters.